The molecule has 0 radical (unpaired) electrons. The first-order valence-corrected chi connectivity index (χ1v) is 11.6. The van der Waals surface area contributed by atoms with E-state index in [2.05, 4.69) is 10.8 Å². The Bertz CT molecular complexity index is 997. The van der Waals surface area contributed by atoms with Gasteiger partial charge in [-0.25, -0.2) is 13.1 Å². The van der Waals surface area contributed by atoms with Crippen molar-refractivity contribution in [3.05, 3.63) is 52.1 Å². The highest BCUT2D eigenvalue weighted by molar-refractivity contribution is 7.89. The molecule has 3 aliphatic rings. The summed E-state index contributed by atoms with van der Waals surface area (Å²) in [5.74, 6) is 1.88. The average molecular weight is 400 g/mol. The monoisotopic (exact) mass is 399 g/mol. The normalized spacial score (nSPS) is 17.4. The number of hydrogen-bond donors (Lipinski definition) is 1. The van der Waals surface area contributed by atoms with E-state index in [-0.39, 0.29) is 0 Å². The molecule has 0 fully saturated rings. The quantitative estimate of drug-likeness (QED) is 0.840. The Morgan fingerprint density at radius 2 is 1.71 bits per heavy atom. The maximum Gasteiger partial charge on any atom is 0.240 e. The minimum Gasteiger partial charge on any atom is -0.493 e. The molecule has 2 aromatic rings. The van der Waals surface area contributed by atoms with E-state index >= 15 is 0 Å². The Labute approximate surface area is 166 Å². The van der Waals surface area contributed by atoms with Crippen molar-refractivity contribution in [2.24, 2.45) is 0 Å². The summed E-state index contributed by atoms with van der Waals surface area (Å²) in [4.78, 5) is 0.372. The smallest absolute Gasteiger partial charge is 0.240 e. The van der Waals surface area contributed by atoms with Crippen LogP contribution in [0.2, 0.25) is 0 Å². The fraction of sp³-hybridized carbons (Fsp3) is 0.455. The Morgan fingerprint density at radius 1 is 0.893 bits per heavy atom. The molecule has 0 saturated heterocycles. The zero-order valence-electron chi connectivity index (χ0n) is 15.9. The first-order chi connectivity index (χ1) is 13.6. The fourth-order valence-electron chi connectivity index (χ4n) is 4.62. The van der Waals surface area contributed by atoms with Gasteiger partial charge in [-0.1, -0.05) is 6.07 Å². The number of aryl methyl sites for hydroxylation is 2. The highest BCUT2D eigenvalue weighted by Crippen LogP contribution is 2.40. The van der Waals surface area contributed by atoms with Crippen LogP contribution in [-0.2, 0) is 42.1 Å². The lowest BCUT2D eigenvalue weighted by atomic mass is 9.92. The van der Waals surface area contributed by atoms with Crippen LogP contribution in [0.15, 0.2) is 29.2 Å². The van der Waals surface area contributed by atoms with Crippen LogP contribution < -0.4 is 14.2 Å². The third-order valence-electron chi connectivity index (χ3n) is 6.06. The van der Waals surface area contributed by atoms with Gasteiger partial charge in [0.2, 0.25) is 10.0 Å². The van der Waals surface area contributed by atoms with E-state index in [1.54, 1.807) is 6.07 Å². The van der Waals surface area contributed by atoms with Gasteiger partial charge in [0.1, 0.15) is 11.5 Å². The number of benzene rings is 2. The van der Waals surface area contributed by atoms with Crippen molar-refractivity contribution in [2.45, 2.75) is 49.8 Å². The lowest BCUT2D eigenvalue weighted by molar-refractivity contribution is 0.353. The molecular weight excluding hydrogens is 374 g/mol. The van der Waals surface area contributed by atoms with E-state index in [9.17, 15) is 8.42 Å². The number of ether oxygens (including phenoxy) is 2. The van der Waals surface area contributed by atoms with Crippen LogP contribution in [0.5, 0.6) is 11.5 Å². The van der Waals surface area contributed by atoms with Crippen LogP contribution >= 0.6 is 0 Å². The third-order valence-corrected chi connectivity index (χ3v) is 7.52. The Morgan fingerprint density at radius 3 is 2.61 bits per heavy atom. The Balaban J connectivity index is 1.34. The number of nitrogens with one attached hydrogen (secondary N) is 1. The molecule has 0 atom stereocenters. The molecule has 5 nitrogen and oxygen atoms in total. The van der Waals surface area contributed by atoms with E-state index in [0.717, 1.165) is 49.2 Å². The standard InChI is InChI=1S/C22H25NO4S/c24-28(25,18-6-5-15-3-1-2-4-16(15)13-18)23-10-7-20-19-9-12-26-21(19)14-17-8-11-27-22(17)20/h5-6,13-14,23H,1-4,7-12H2. The van der Waals surface area contributed by atoms with Crippen molar-refractivity contribution in [1.29, 1.82) is 0 Å². The molecular formula is C22H25NO4S. The van der Waals surface area contributed by atoms with Gasteiger partial charge in [-0.05, 0) is 61.4 Å². The van der Waals surface area contributed by atoms with Crippen LogP contribution in [0.3, 0.4) is 0 Å². The zero-order chi connectivity index (χ0) is 19.1. The molecule has 1 N–H and O–H groups in total. The molecule has 0 amide bonds. The van der Waals surface area contributed by atoms with Crippen molar-refractivity contribution >= 4 is 10.0 Å². The van der Waals surface area contributed by atoms with Gasteiger partial charge in [0.25, 0.3) is 0 Å². The van der Waals surface area contributed by atoms with Gasteiger partial charge in [-0.15, -0.1) is 0 Å². The molecule has 0 unspecified atom stereocenters. The summed E-state index contributed by atoms with van der Waals surface area (Å²) in [7, 11) is -3.51. The Kier molecular flexibility index (Phi) is 4.56. The zero-order valence-corrected chi connectivity index (χ0v) is 16.7. The molecule has 0 bridgehead atoms. The van der Waals surface area contributed by atoms with Crippen molar-refractivity contribution < 1.29 is 17.9 Å². The summed E-state index contributed by atoms with van der Waals surface area (Å²) < 4.78 is 40.0. The minimum atomic E-state index is -3.51. The van der Waals surface area contributed by atoms with Crippen LogP contribution in [-0.4, -0.2) is 28.2 Å². The van der Waals surface area contributed by atoms with Gasteiger partial charge in [-0.3, -0.25) is 0 Å². The van der Waals surface area contributed by atoms with Gasteiger partial charge >= 0.3 is 0 Å². The predicted octanol–water partition coefficient (Wildman–Crippen LogP) is 2.96. The minimum absolute atomic E-state index is 0.353. The summed E-state index contributed by atoms with van der Waals surface area (Å²) in [6, 6.07) is 7.66. The molecule has 148 valence electrons. The lowest BCUT2D eigenvalue weighted by Crippen LogP contribution is -2.26. The molecule has 6 heteroatoms. The van der Waals surface area contributed by atoms with Gasteiger partial charge in [-0.2, -0.15) is 0 Å². The first kappa shape index (κ1) is 18.0. The van der Waals surface area contributed by atoms with Gasteiger partial charge in [0.15, 0.2) is 0 Å². The maximum absolute atomic E-state index is 12.8. The topological polar surface area (TPSA) is 64.6 Å². The fourth-order valence-corrected chi connectivity index (χ4v) is 5.70. The van der Waals surface area contributed by atoms with Gasteiger partial charge < -0.3 is 9.47 Å². The van der Waals surface area contributed by atoms with E-state index < -0.39 is 10.0 Å². The number of rotatable bonds is 5. The second kappa shape index (κ2) is 7.08. The number of fused-ring (bicyclic) bond motifs is 3. The molecule has 0 saturated carbocycles. The van der Waals surface area contributed by atoms with Crippen LogP contribution in [0, 0.1) is 0 Å². The lowest BCUT2D eigenvalue weighted by Gasteiger charge is -2.17. The van der Waals surface area contributed by atoms with Gasteiger partial charge in [0.05, 0.1) is 18.1 Å². The maximum atomic E-state index is 12.8. The van der Waals surface area contributed by atoms with Crippen molar-refractivity contribution in [1.82, 2.24) is 4.72 Å². The number of hydrogen-bond acceptors (Lipinski definition) is 4. The Hall–Kier alpha value is -2.05. The summed E-state index contributed by atoms with van der Waals surface area (Å²) >= 11 is 0. The van der Waals surface area contributed by atoms with Gasteiger partial charge in [0, 0.05) is 36.1 Å². The first-order valence-electron chi connectivity index (χ1n) is 10.2. The molecule has 0 aromatic heterocycles. The van der Waals surface area contributed by atoms with E-state index in [4.69, 9.17) is 9.47 Å². The summed E-state index contributed by atoms with van der Waals surface area (Å²) in [6.07, 6.45) is 6.70. The molecule has 2 heterocycles. The summed E-state index contributed by atoms with van der Waals surface area (Å²) in [5, 5.41) is 0. The van der Waals surface area contributed by atoms with Crippen LogP contribution in [0.1, 0.15) is 40.7 Å². The summed E-state index contributed by atoms with van der Waals surface area (Å²) in [6.45, 7) is 1.73. The molecule has 5 rings (SSSR count). The molecule has 2 aromatic carbocycles. The second-order valence-corrected chi connectivity index (χ2v) is 9.57. The third kappa shape index (κ3) is 3.18. The predicted molar refractivity (Wildman–Crippen MR) is 107 cm³/mol. The highest BCUT2D eigenvalue weighted by atomic mass is 32.2. The highest BCUT2D eigenvalue weighted by Gasteiger charge is 2.26. The molecule has 2 aliphatic heterocycles. The van der Waals surface area contributed by atoms with E-state index in [1.807, 2.05) is 12.1 Å². The van der Waals surface area contributed by atoms with Crippen molar-refractivity contribution in [2.75, 3.05) is 19.8 Å². The van der Waals surface area contributed by atoms with E-state index in [1.165, 1.54) is 28.7 Å². The average Bonchev–Trinajstić information content (AvgIpc) is 3.36. The second-order valence-electron chi connectivity index (χ2n) is 7.80. The van der Waals surface area contributed by atoms with Crippen molar-refractivity contribution in [3.8, 4) is 11.5 Å². The van der Waals surface area contributed by atoms with Crippen LogP contribution in [0.4, 0.5) is 0 Å². The molecule has 0 spiro atoms. The molecule has 28 heavy (non-hydrogen) atoms. The van der Waals surface area contributed by atoms with E-state index in [0.29, 0.717) is 31.1 Å². The van der Waals surface area contributed by atoms with Crippen molar-refractivity contribution in [3.63, 3.8) is 0 Å². The molecule has 1 aliphatic carbocycles. The number of sulfonamides is 1. The SMILES string of the molecule is O=S(=O)(NCCc1c2c(cc3c1OCC3)OCC2)c1ccc2c(c1)CCCC2. The largest absolute Gasteiger partial charge is 0.493 e. The summed E-state index contributed by atoms with van der Waals surface area (Å²) in [5.41, 5.74) is 5.92. The van der Waals surface area contributed by atoms with Crippen LogP contribution in [0.25, 0.3) is 0 Å².